The van der Waals surface area contributed by atoms with Crippen LogP contribution < -0.4 is 15.8 Å². The molecule has 0 spiro atoms. The number of methoxy groups -OCH3 is 2. The van der Waals surface area contributed by atoms with Gasteiger partial charge in [-0.1, -0.05) is 0 Å². The minimum atomic E-state index is -5.10. The second-order valence-electron chi connectivity index (χ2n) is 9.17. The van der Waals surface area contributed by atoms with E-state index in [4.69, 9.17) is 10.5 Å². The SMILES string of the molecule is COc1ncc(-c2cc(C(F)(F)F)c3c(N)ncnn23)cc1C(=O)N[C@@H]1CN(C(=O)[C@@](C)(OC)C(F)(F)F)C[C@@H]1F. The number of halogens is 7. The van der Waals surface area contributed by atoms with Gasteiger partial charge in [0.05, 0.1) is 31.0 Å². The highest BCUT2D eigenvalue weighted by Gasteiger charge is 2.60. The molecule has 18 heteroatoms. The Hall–Kier alpha value is -4.22. The first-order valence-electron chi connectivity index (χ1n) is 11.6. The molecule has 3 aromatic rings. The number of rotatable bonds is 6. The number of nitrogens with one attached hydrogen (secondary N) is 1. The number of fused-ring (bicyclic) bond motifs is 1. The Bertz CT molecular complexity index is 1490. The summed E-state index contributed by atoms with van der Waals surface area (Å²) in [6, 6.07) is 0.405. The van der Waals surface area contributed by atoms with Gasteiger partial charge in [-0.3, -0.25) is 9.59 Å². The van der Waals surface area contributed by atoms with Gasteiger partial charge in [-0.2, -0.15) is 31.4 Å². The normalized spacial score (nSPS) is 19.3. The van der Waals surface area contributed by atoms with Crippen molar-refractivity contribution in [2.24, 2.45) is 0 Å². The number of carbonyl (C=O) groups excluding carboxylic acids is 2. The first-order valence-corrected chi connectivity index (χ1v) is 11.6. The molecule has 11 nitrogen and oxygen atoms in total. The summed E-state index contributed by atoms with van der Waals surface area (Å²) in [5.74, 6) is -3.31. The summed E-state index contributed by atoms with van der Waals surface area (Å²) in [5.41, 5.74) is 0.186. The largest absolute Gasteiger partial charge is 0.480 e. The quantitative estimate of drug-likeness (QED) is 0.417. The number of carbonyl (C=O) groups is 2. The maximum Gasteiger partial charge on any atom is 0.426 e. The van der Waals surface area contributed by atoms with Crippen molar-refractivity contribution in [2.75, 3.05) is 33.0 Å². The number of hydrogen-bond acceptors (Lipinski definition) is 8. The highest BCUT2D eigenvalue weighted by Crippen LogP contribution is 2.39. The first-order chi connectivity index (χ1) is 19.0. The molecule has 4 heterocycles. The van der Waals surface area contributed by atoms with Crippen molar-refractivity contribution < 1.29 is 49.8 Å². The molecule has 1 aliphatic rings. The molecule has 0 unspecified atom stereocenters. The zero-order valence-corrected chi connectivity index (χ0v) is 21.5. The molecule has 0 radical (unpaired) electrons. The summed E-state index contributed by atoms with van der Waals surface area (Å²) < 4.78 is 107. The van der Waals surface area contributed by atoms with Crippen LogP contribution in [0.5, 0.6) is 5.88 Å². The lowest BCUT2D eigenvalue weighted by molar-refractivity contribution is -0.258. The minimum Gasteiger partial charge on any atom is -0.480 e. The standard InChI is InChI=1S/C23H22F7N7O4/c1-21(41-3,23(28,29)30)20(39)36-7-13(24)14(8-36)35-18(38)11-4-10(6-32-19(11)40-2)15-5-12(22(25,26)27)16-17(31)33-9-34-37(15)16/h4-6,9,13-14H,7-8H2,1-3H3,(H,35,38)(H2,31,33,34)/t13-,14+,21+/m0/s1. The predicted octanol–water partition coefficient (Wildman–Crippen LogP) is 2.65. The number of aromatic nitrogens is 4. The number of amides is 2. The first kappa shape index (κ1) is 29.8. The number of pyridine rings is 1. The van der Waals surface area contributed by atoms with Crippen LogP contribution >= 0.6 is 0 Å². The molecule has 1 fully saturated rings. The maximum atomic E-state index is 14.8. The van der Waals surface area contributed by atoms with E-state index in [0.29, 0.717) is 18.9 Å². The number of nitrogens with two attached hydrogens (primary N) is 1. The number of hydrogen-bond donors (Lipinski definition) is 2. The van der Waals surface area contributed by atoms with Gasteiger partial charge in [0.2, 0.25) is 11.5 Å². The molecule has 1 aliphatic heterocycles. The molecule has 3 aromatic heterocycles. The van der Waals surface area contributed by atoms with Crippen molar-refractivity contribution in [1.82, 2.24) is 29.8 Å². The average molecular weight is 593 g/mol. The van der Waals surface area contributed by atoms with Crippen LogP contribution in [0.4, 0.5) is 36.6 Å². The molecular formula is C23H22F7N7O4. The molecule has 0 saturated carbocycles. The Balaban J connectivity index is 1.65. The Labute approximate surface area is 226 Å². The lowest BCUT2D eigenvalue weighted by Gasteiger charge is -2.32. The van der Waals surface area contributed by atoms with Gasteiger partial charge >= 0.3 is 12.4 Å². The fourth-order valence-corrected chi connectivity index (χ4v) is 4.35. The van der Waals surface area contributed by atoms with Crippen molar-refractivity contribution >= 4 is 23.1 Å². The third-order valence-electron chi connectivity index (χ3n) is 6.68. The third-order valence-corrected chi connectivity index (χ3v) is 6.68. The Kier molecular flexibility index (Phi) is 7.49. The van der Waals surface area contributed by atoms with Gasteiger partial charge in [0.25, 0.3) is 11.8 Å². The van der Waals surface area contributed by atoms with Gasteiger partial charge in [0.15, 0.2) is 5.82 Å². The molecule has 41 heavy (non-hydrogen) atoms. The van der Waals surface area contributed by atoms with Crippen molar-refractivity contribution in [3.8, 4) is 17.1 Å². The van der Waals surface area contributed by atoms with Crippen molar-refractivity contribution in [1.29, 1.82) is 0 Å². The summed E-state index contributed by atoms with van der Waals surface area (Å²) in [6.07, 6.45) is -9.86. The predicted molar refractivity (Wildman–Crippen MR) is 126 cm³/mol. The van der Waals surface area contributed by atoms with E-state index in [0.717, 1.165) is 36.3 Å². The van der Waals surface area contributed by atoms with E-state index in [2.05, 4.69) is 25.1 Å². The van der Waals surface area contributed by atoms with Gasteiger partial charge in [0.1, 0.15) is 23.6 Å². The molecule has 0 aromatic carbocycles. The van der Waals surface area contributed by atoms with Crippen LogP contribution in [-0.2, 0) is 15.7 Å². The van der Waals surface area contributed by atoms with E-state index in [-0.39, 0.29) is 22.7 Å². The van der Waals surface area contributed by atoms with Crippen LogP contribution in [0.15, 0.2) is 24.7 Å². The second kappa shape index (κ2) is 10.3. The van der Waals surface area contributed by atoms with Crippen molar-refractivity contribution in [2.45, 2.75) is 37.1 Å². The fraction of sp³-hybridized carbons (Fsp3) is 0.435. The Morgan fingerprint density at radius 1 is 1.10 bits per heavy atom. The van der Waals surface area contributed by atoms with Gasteiger partial charge in [0, 0.05) is 25.4 Å². The minimum absolute atomic E-state index is 0.0411. The second-order valence-corrected chi connectivity index (χ2v) is 9.17. The molecule has 1 saturated heterocycles. The van der Waals surface area contributed by atoms with Gasteiger partial charge in [-0.05, 0) is 19.1 Å². The zero-order chi connectivity index (χ0) is 30.5. The maximum absolute atomic E-state index is 14.8. The van der Waals surface area contributed by atoms with Crippen LogP contribution in [0.3, 0.4) is 0 Å². The third kappa shape index (κ3) is 5.18. The smallest absolute Gasteiger partial charge is 0.426 e. The van der Waals surface area contributed by atoms with Crippen LogP contribution in [0.2, 0.25) is 0 Å². The van der Waals surface area contributed by atoms with Crippen molar-refractivity contribution in [3.05, 3.63) is 35.8 Å². The van der Waals surface area contributed by atoms with E-state index >= 15 is 0 Å². The highest BCUT2D eigenvalue weighted by molar-refractivity contribution is 5.98. The number of ether oxygens (including phenoxy) is 2. The average Bonchev–Trinajstić information content (AvgIpc) is 3.48. The van der Waals surface area contributed by atoms with Crippen LogP contribution in [-0.4, -0.2) is 87.6 Å². The number of alkyl halides is 7. The molecule has 0 aliphatic carbocycles. The highest BCUT2D eigenvalue weighted by atomic mass is 19.4. The fourth-order valence-electron chi connectivity index (χ4n) is 4.35. The van der Waals surface area contributed by atoms with Crippen LogP contribution in [0.25, 0.3) is 16.8 Å². The number of nitrogen functional groups attached to an aromatic ring is 1. The number of nitrogens with zero attached hydrogens (tertiary/aromatic N) is 5. The van der Waals surface area contributed by atoms with Gasteiger partial charge < -0.3 is 25.4 Å². The topological polar surface area (TPSA) is 137 Å². The van der Waals surface area contributed by atoms with Crippen molar-refractivity contribution in [3.63, 3.8) is 0 Å². The molecule has 4 rings (SSSR count). The number of anilines is 1. The molecular weight excluding hydrogens is 571 g/mol. The molecule has 3 N–H and O–H groups in total. The van der Waals surface area contributed by atoms with Crippen LogP contribution in [0, 0.1) is 0 Å². The lowest BCUT2D eigenvalue weighted by atomic mass is 10.0. The lowest BCUT2D eigenvalue weighted by Crippen LogP contribution is -2.57. The van der Waals surface area contributed by atoms with Crippen LogP contribution in [0.1, 0.15) is 22.8 Å². The molecule has 222 valence electrons. The Morgan fingerprint density at radius 3 is 2.37 bits per heavy atom. The zero-order valence-electron chi connectivity index (χ0n) is 21.5. The number of likely N-dealkylation sites (tertiary alicyclic amines) is 1. The van der Waals surface area contributed by atoms with Gasteiger partial charge in [-0.15, -0.1) is 0 Å². The molecule has 2 amide bonds. The monoisotopic (exact) mass is 593 g/mol. The molecule has 0 bridgehead atoms. The van der Waals surface area contributed by atoms with E-state index in [9.17, 15) is 40.3 Å². The van der Waals surface area contributed by atoms with E-state index in [1.165, 1.54) is 0 Å². The molecule has 3 atom stereocenters. The summed E-state index contributed by atoms with van der Waals surface area (Å²) in [7, 11) is 1.84. The van der Waals surface area contributed by atoms with E-state index < -0.39 is 72.0 Å². The summed E-state index contributed by atoms with van der Waals surface area (Å²) in [4.78, 5) is 33.8. The van der Waals surface area contributed by atoms with Gasteiger partial charge in [-0.25, -0.2) is 18.9 Å². The Morgan fingerprint density at radius 2 is 1.78 bits per heavy atom. The van der Waals surface area contributed by atoms with E-state index in [1.807, 2.05) is 0 Å². The van der Waals surface area contributed by atoms with E-state index in [1.54, 1.807) is 0 Å². The summed E-state index contributed by atoms with van der Waals surface area (Å²) in [6.45, 7) is -0.874. The summed E-state index contributed by atoms with van der Waals surface area (Å²) >= 11 is 0. The summed E-state index contributed by atoms with van der Waals surface area (Å²) in [5, 5.41) is 6.11.